The number of carbonyl (C=O) groups excluding carboxylic acids is 1. The highest BCUT2D eigenvalue weighted by atomic mass is 16.5. The number of pyridine rings is 1. The Kier molecular flexibility index (Phi) is 3.99. The monoisotopic (exact) mass is 278 g/mol. The molecule has 20 heavy (non-hydrogen) atoms. The number of carboxylic acid groups (broad SMARTS) is 1. The summed E-state index contributed by atoms with van der Waals surface area (Å²) >= 11 is 0. The topological polar surface area (TPSA) is 90.1 Å². The summed E-state index contributed by atoms with van der Waals surface area (Å²) < 4.78 is 11.2. The Morgan fingerprint density at radius 3 is 2.75 bits per heavy atom. The molecule has 0 saturated carbocycles. The van der Waals surface area contributed by atoms with Gasteiger partial charge in [-0.2, -0.15) is 0 Å². The Morgan fingerprint density at radius 2 is 2.15 bits per heavy atom. The fourth-order valence-electron chi connectivity index (χ4n) is 1.99. The van der Waals surface area contributed by atoms with Crippen molar-refractivity contribution in [2.75, 3.05) is 20.8 Å². The maximum Gasteiger partial charge on any atom is 0.356 e. The quantitative estimate of drug-likeness (QED) is 0.821. The van der Waals surface area contributed by atoms with Crippen LogP contribution in [0.15, 0.2) is 18.3 Å². The highest BCUT2D eigenvalue weighted by molar-refractivity contribution is 6.04. The van der Waals surface area contributed by atoms with Crippen molar-refractivity contribution in [3.8, 4) is 0 Å². The molecule has 0 radical (unpaired) electrons. The average molecular weight is 278 g/mol. The molecule has 2 rings (SSSR count). The van der Waals surface area contributed by atoms with Crippen molar-refractivity contribution in [1.29, 1.82) is 0 Å². The van der Waals surface area contributed by atoms with Gasteiger partial charge >= 0.3 is 11.9 Å². The molecule has 0 fully saturated rings. The first-order valence-corrected chi connectivity index (χ1v) is 5.90. The molecule has 0 atom stereocenters. The van der Waals surface area contributed by atoms with Gasteiger partial charge in [0.05, 0.1) is 24.8 Å². The van der Waals surface area contributed by atoms with Crippen LogP contribution in [0.1, 0.15) is 26.7 Å². The molecule has 0 aliphatic carbocycles. The van der Waals surface area contributed by atoms with E-state index in [2.05, 4.69) is 9.72 Å². The highest BCUT2D eigenvalue weighted by Gasteiger charge is 2.22. The Labute approximate surface area is 114 Å². The van der Waals surface area contributed by atoms with Gasteiger partial charge in [0.15, 0.2) is 5.69 Å². The number of rotatable bonds is 5. The largest absolute Gasteiger partial charge is 0.476 e. The zero-order valence-corrected chi connectivity index (χ0v) is 11.1. The molecule has 1 N–H and O–H groups in total. The number of imidazole rings is 1. The minimum Gasteiger partial charge on any atom is -0.476 e. The van der Waals surface area contributed by atoms with Gasteiger partial charge in [0.1, 0.15) is 5.82 Å². The van der Waals surface area contributed by atoms with Gasteiger partial charge in [0.25, 0.3) is 0 Å². The summed E-state index contributed by atoms with van der Waals surface area (Å²) in [4.78, 5) is 27.1. The predicted molar refractivity (Wildman–Crippen MR) is 69.1 cm³/mol. The second-order valence-corrected chi connectivity index (χ2v) is 4.06. The number of aromatic carboxylic acids is 1. The van der Waals surface area contributed by atoms with Crippen molar-refractivity contribution in [3.63, 3.8) is 0 Å². The lowest BCUT2D eigenvalue weighted by Crippen LogP contribution is -2.07. The number of carboxylic acids is 1. The molecule has 0 unspecified atom stereocenters. The number of fused-ring (bicyclic) bond motifs is 1. The summed E-state index contributed by atoms with van der Waals surface area (Å²) in [5, 5.41) is 9.24. The van der Waals surface area contributed by atoms with Gasteiger partial charge in [-0.3, -0.25) is 0 Å². The first-order valence-electron chi connectivity index (χ1n) is 5.90. The van der Waals surface area contributed by atoms with Gasteiger partial charge in [0.2, 0.25) is 0 Å². The normalized spacial score (nSPS) is 10.7. The van der Waals surface area contributed by atoms with Crippen LogP contribution in [0.2, 0.25) is 0 Å². The van der Waals surface area contributed by atoms with Gasteiger partial charge in [-0.15, -0.1) is 0 Å². The van der Waals surface area contributed by atoms with E-state index in [1.165, 1.54) is 13.2 Å². The molecule has 106 valence electrons. The molecule has 2 aromatic heterocycles. The number of esters is 1. The number of nitrogens with zero attached hydrogens (tertiary/aromatic N) is 2. The van der Waals surface area contributed by atoms with E-state index >= 15 is 0 Å². The third-order valence-corrected chi connectivity index (χ3v) is 2.87. The van der Waals surface area contributed by atoms with Crippen LogP contribution in [0.5, 0.6) is 0 Å². The standard InChI is InChI=1S/C13H14N2O5/c1-19-7-5-9-14-10(12(16)17)11-8(13(18)20-2)4-3-6-15(9)11/h3-4,6H,5,7H2,1-2H3,(H,16,17). The lowest BCUT2D eigenvalue weighted by molar-refractivity contribution is 0.0602. The maximum absolute atomic E-state index is 11.7. The Bertz CT molecular complexity index is 662. The summed E-state index contributed by atoms with van der Waals surface area (Å²) in [5.41, 5.74) is 0.235. The van der Waals surface area contributed by atoms with Crippen LogP contribution in [0.3, 0.4) is 0 Å². The van der Waals surface area contributed by atoms with Gasteiger partial charge in [0, 0.05) is 19.7 Å². The lowest BCUT2D eigenvalue weighted by Gasteiger charge is -2.04. The number of hydrogen-bond donors (Lipinski definition) is 1. The molecular weight excluding hydrogens is 264 g/mol. The molecule has 0 saturated heterocycles. The Morgan fingerprint density at radius 1 is 1.40 bits per heavy atom. The number of carbonyl (C=O) groups is 2. The van der Waals surface area contributed by atoms with E-state index in [0.29, 0.717) is 18.9 Å². The molecule has 7 heteroatoms. The molecule has 0 aliphatic heterocycles. The smallest absolute Gasteiger partial charge is 0.356 e. The van der Waals surface area contributed by atoms with Crippen molar-refractivity contribution < 1.29 is 24.2 Å². The van der Waals surface area contributed by atoms with Crippen molar-refractivity contribution in [2.45, 2.75) is 6.42 Å². The fourth-order valence-corrected chi connectivity index (χ4v) is 1.99. The second kappa shape index (κ2) is 5.70. The average Bonchev–Trinajstić information content (AvgIpc) is 2.83. The van der Waals surface area contributed by atoms with Crippen LogP contribution in [0.25, 0.3) is 5.52 Å². The third-order valence-electron chi connectivity index (χ3n) is 2.87. The van der Waals surface area contributed by atoms with Crippen LogP contribution in [0, 0.1) is 0 Å². The van der Waals surface area contributed by atoms with Gasteiger partial charge in [-0.05, 0) is 12.1 Å². The second-order valence-electron chi connectivity index (χ2n) is 4.06. The molecule has 2 aromatic rings. The summed E-state index contributed by atoms with van der Waals surface area (Å²) in [7, 11) is 2.79. The lowest BCUT2D eigenvalue weighted by atomic mass is 10.2. The van der Waals surface area contributed by atoms with Crippen molar-refractivity contribution in [3.05, 3.63) is 35.4 Å². The summed E-state index contributed by atoms with van der Waals surface area (Å²) in [6, 6.07) is 3.15. The van der Waals surface area contributed by atoms with Crippen LogP contribution in [-0.4, -0.2) is 47.3 Å². The number of hydrogen-bond acceptors (Lipinski definition) is 5. The Balaban J connectivity index is 2.69. The fraction of sp³-hybridized carbons (Fsp3) is 0.308. The van der Waals surface area contributed by atoms with E-state index in [-0.39, 0.29) is 16.8 Å². The third kappa shape index (κ3) is 2.35. The van der Waals surface area contributed by atoms with E-state index in [9.17, 15) is 14.7 Å². The van der Waals surface area contributed by atoms with Crippen LogP contribution >= 0.6 is 0 Å². The first kappa shape index (κ1) is 14.0. The zero-order chi connectivity index (χ0) is 14.7. The molecule has 0 aromatic carbocycles. The molecule has 2 heterocycles. The van der Waals surface area contributed by atoms with Crippen LogP contribution in [-0.2, 0) is 15.9 Å². The molecule has 0 aliphatic rings. The van der Waals surface area contributed by atoms with E-state index < -0.39 is 11.9 Å². The van der Waals surface area contributed by atoms with Crippen molar-refractivity contribution in [2.24, 2.45) is 0 Å². The predicted octanol–water partition coefficient (Wildman–Crippen LogP) is 1.01. The van der Waals surface area contributed by atoms with Gasteiger partial charge < -0.3 is 19.0 Å². The van der Waals surface area contributed by atoms with Crippen molar-refractivity contribution in [1.82, 2.24) is 9.38 Å². The summed E-state index contributed by atoms with van der Waals surface area (Å²) in [6.07, 6.45) is 2.10. The maximum atomic E-state index is 11.7. The molecule has 7 nitrogen and oxygen atoms in total. The minimum atomic E-state index is -1.19. The van der Waals surface area contributed by atoms with E-state index in [1.54, 1.807) is 23.8 Å². The highest BCUT2D eigenvalue weighted by Crippen LogP contribution is 2.19. The van der Waals surface area contributed by atoms with Gasteiger partial charge in [-0.1, -0.05) is 0 Å². The van der Waals surface area contributed by atoms with Crippen LogP contribution in [0.4, 0.5) is 0 Å². The van der Waals surface area contributed by atoms with E-state index in [4.69, 9.17) is 4.74 Å². The first-order chi connectivity index (χ1) is 9.60. The Hall–Kier alpha value is -2.41. The molecule has 0 bridgehead atoms. The number of ether oxygens (including phenoxy) is 2. The summed E-state index contributed by atoms with van der Waals surface area (Å²) in [6.45, 7) is 0.403. The summed E-state index contributed by atoms with van der Waals surface area (Å²) in [5.74, 6) is -1.27. The van der Waals surface area contributed by atoms with E-state index in [0.717, 1.165) is 0 Å². The minimum absolute atomic E-state index is 0.169. The number of aromatic nitrogens is 2. The van der Waals surface area contributed by atoms with E-state index in [1.807, 2.05) is 0 Å². The van der Waals surface area contributed by atoms with Crippen molar-refractivity contribution >= 4 is 17.5 Å². The van der Waals surface area contributed by atoms with Crippen LogP contribution < -0.4 is 0 Å². The van der Waals surface area contributed by atoms with Gasteiger partial charge in [-0.25, -0.2) is 14.6 Å². The number of methoxy groups -OCH3 is 2. The SMILES string of the molecule is COCCc1nc(C(=O)O)c2c(C(=O)OC)cccn12. The molecular formula is C13H14N2O5. The zero-order valence-electron chi connectivity index (χ0n) is 11.1. The molecule has 0 spiro atoms. The molecule has 0 amide bonds.